The summed E-state index contributed by atoms with van der Waals surface area (Å²) in [5.74, 6) is 0.605. The minimum absolute atomic E-state index is 0.330. The standard InChI is InChI=1S/C14H21ClN2O3/c1-3-8-20-13-5-4-11(9-12(13)15)17-14(19)16-7-6-10(2)18/h4-5,9-10,18H,3,6-8H2,1-2H3,(H2,16,17,19). The number of amides is 2. The van der Waals surface area contributed by atoms with E-state index < -0.39 is 6.10 Å². The first kappa shape index (κ1) is 16.6. The topological polar surface area (TPSA) is 70.6 Å². The molecule has 0 saturated heterocycles. The lowest BCUT2D eigenvalue weighted by atomic mass is 10.3. The van der Waals surface area contributed by atoms with Gasteiger partial charge in [0.15, 0.2) is 0 Å². The van der Waals surface area contributed by atoms with Crippen molar-refractivity contribution in [3.05, 3.63) is 23.2 Å². The molecule has 0 fully saturated rings. The molecule has 0 radical (unpaired) electrons. The zero-order chi connectivity index (χ0) is 15.0. The molecule has 0 aliphatic rings. The van der Waals surface area contributed by atoms with Crippen LogP contribution in [0.1, 0.15) is 26.7 Å². The minimum atomic E-state index is -0.431. The molecule has 1 atom stereocenters. The lowest BCUT2D eigenvalue weighted by Gasteiger charge is -2.11. The highest BCUT2D eigenvalue weighted by Crippen LogP contribution is 2.27. The third-order valence-electron chi connectivity index (χ3n) is 2.50. The highest BCUT2D eigenvalue weighted by atomic mass is 35.5. The number of aliphatic hydroxyl groups excluding tert-OH is 1. The number of urea groups is 1. The van der Waals surface area contributed by atoms with E-state index in [-0.39, 0.29) is 6.03 Å². The van der Waals surface area contributed by atoms with E-state index in [9.17, 15) is 4.79 Å². The third-order valence-corrected chi connectivity index (χ3v) is 2.79. The van der Waals surface area contributed by atoms with E-state index in [0.29, 0.717) is 36.0 Å². The van der Waals surface area contributed by atoms with Crippen molar-refractivity contribution in [1.29, 1.82) is 0 Å². The molecule has 0 bridgehead atoms. The molecule has 3 N–H and O–H groups in total. The first-order valence-electron chi connectivity index (χ1n) is 6.68. The molecular formula is C14H21ClN2O3. The van der Waals surface area contributed by atoms with Gasteiger partial charge in [-0.15, -0.1) is 0 Å². The van der Waals surface area contributed by atoms with Gasteiger partial charge in [-0.05, 0) is 38.0 Å². The van der Waals surface area contributed by atoms with Crippen LogP contribution >= 0.6 is 11.6 Å². The van der Waals surface area contributed by atoms with Crippen molar-refractivity contribution in [3.63, 3.8) is 0 Å². The number of hydrogen-bond donors (Lipinski definition) is 3. The number of ether oxygens (including phenoxy) is 1. The maximum atomic E-state index is 11.6. The Bertz CT molecular complexity index is 438. The average Bonchev–Trinajstić information content (AvgIpc) is 2.37. The zero-order valence-electron chi connectivity index (χ0n) is 11.8. The molecule has 0 spiro atoms. The van der Waals surface area contributed by atoms with Gasteiger partial charge in [0.25, 0.3) is 0 Å². The first-order chi connectivity index (χ1) is 9.52. The lowest BCUT2D eigenvalue weighted by molar-refractivity contribution is 0.184. The molecule has 0 saturated carbocycles. The molecule has 6 heteroatoms. The van der Waals surface area contributed by atoms with Crippen molar-refractivity contribution in [2.75, 3.05) is 18.5 Å². The Morgan fingerprint density at radius 3 is 2.85 bits per heavy atom. The van der Waals surface area contributed by atoms with Crippen molar-refractivity contribution >= 4 is 23.3 Å². The normalized spacial score (nSPS) is 11.8. The predicted molar refractivity (Wildman–Crippen MR) is 80.6 cm³/mol. The number of rotatable bonds is 7. The Hall–Kier alpha value is -1.46. The molecule has 20 heavy (non-hydrogen) atoms. The monoisotopic (exact) mass is 300 g/mol. The number of carbonyl (C=O) groups excluding carboxylic acids is 1. The first-order valence-corrected chi connectivity index (χ1v) is 7.06. The summed E-state index contributed by atoms with van der Waals surface area (Å²) in [6, 6.07) is 4.76. The maximum absolute atomic E-state index is 11.6. The van der Waals surface area contributed by atoms with Gasteiger partial charge in [0.05, 0.1) is 17.7 Å². The van der Waals surface area contributed by atoms with Crippen molar-refractivity contribution in [2.24, 2.45) is 0 Å². The molecule has 1 aromatic carbocycles. The summed E-state index contributed by atoms with van der Waals surface area (Å²) >= 11 is 6.06. The molecule has 0 heterocycles. The maximum Gasteiger partial charge on any atom is 0.319 e. The molecule has 1 rings (SSSR count). The summed E-state index contributed by atoms with van der Waals surface area (Å²) in [4.78, 5) is 11.6. The summed E-state index contributed by atoms with van der Waals surface area (Å²) in [5, 5.41) is 14.9. The Kier molecular flexibility index (Phi) is 7.18. The Labute approximate surface area is 124 Å². The summed E-state index contributed by atoms with van der Waals surface area (Å²) < 4.78 is 5.45. The SMILES string of the molecule is CCCOc1ccc(NC(=O)NCCC(C)O)cc1Cl. The fourth-order valence-corrected chi connectivity index (χ4v) is 1.71. The van der Waals surface area contributed by atoms with Crippen molar-refractivity contribution in [1.82, 2.24) is 5.32 Å². The Balaban J connectivity index is 2.47. The summed E-state index contributed by atoms with van der Waals surface area (Å²) in [5.41, 5.74) is 0.591. The molecular weight excluding hydrogens is 280 g/mol. The van der Waals surface area contributed by atoms with Crippen LogP contribution in [0, 0.1) is 0 Å². The minimum Gasteiger partial charge on any atom is -0.492 e. The van der Waals surface area contributed by atoms with Crippen LogP contribution in [0.4, 0.5) is 10.5 Å². The van der Waals surface area contributed by atoms with Crippen LogP contribution in [0.5, 0.6) is 5.75 Å². The van der Waals surface area contributed by atoms with E-state index in [4.69, 9.17) is 21.4 Å². The van der Waals surface area contributed by atoms with Crippen LogP contribution in [-0.4, -0.2) is 30.4 Å². The number of benzene rings is 1. The van der Waals surface area contributed by atoms with Gasteiger partial charge in [0.2, 0.25) is 0 Å². The quantitative estimate of drug-likeness (QED) is 0.725. The van der Waals surface area contributed by atoms with Gasteiger partial charge in [-0.3, -0.25) is 0 Å². The zero-order valence-corrected chi connectivity index (χ0v) is 12.5. The fraction of sp³-hybridized carbons (Fsp3) is 0.500. The van der Waals surface area contributed by atoms with Gasteiger partial charge < -0.3 is 20.5 Å². The van der Waals surface area contributed by atoms with Gasteiger partial charge >= 0.3 is 6.03 Å². The molecule has 0 aliphatic heterocycles. The number of halogens is 1. The average molecular weight is 301 g/mol. The van der Waals surface area contributed by atoms with Gasteiger partial charge in [-0.1, -0.05) is 18.5 Å². The highest BCUT2D eigenvalue weighted by molar-refractivity contribution is 6.32. The van der Waals surface area contributed by atoms with Crippen LogP contribution in [0.25, 0.3) is 0 Å². The van der Waals surface area contributed by atoms with Gasteiger partial charge in [0, 0.05) is 12.2 Å². The number of aliphatic hydroxyl groups is 1. The van der Waals surface area contributed by atoms with Gasteiger partial charge in [-0.25, -0.2) is 4.79 Å². The van der Waals surface area contributed by atoms with Crippen molar-refractivity contribution in [2.45, 2.75) is 32.8 Å². The van der Waals surface area contributed by atoms with E-state index in [2.05, 4.69) is 10.6 Å². The molecule has 0 aromatic heterocycles. The second-order valence-electron chi connectivity index (χ2n) is 4.51. The second-order valence-corrected chi connectivity index (χ2v) is 4.92. The molecule has 5 nitrogen and oxygen atoms in total. The molecule has 2 amide bonds. The Morgan fingerprint density at radius 1 is 1.50 bits per heavy atom. The van der Waals surface area contributed by atoms with Crippen LogP contribution in [0.3, 0.4) is 0 Å². The van der Waals surface area contributed by atoms with Crippen molar-refractivity contribution in [3.8, 4) is 5.75 Å². The fourth-order valence-electron chi connectivity index (χ4n) is 1.48. The van der Waals surface area contributed by atoms with E-state index >= 15 is 0 Å². The third kappa shape index (κ3) is 6.12. The summed E-state index contributed by atoms with van der Waals surface area (Å²) in [6.07, 6.45) is 0.986. The number of carbonyl (C=O) groups is 1. The van der Waals surface area contributed by atoms with Gasteiger partial charge in [0.1, 0.15) is 5.75 Å². The Morgan fingerprint density at radius 2 is 2.25 bits per heavy atom. The number of anilines is 1. The van der Waals surface area contributed by atoms with E-state index in [1.54, 1.807) is 25.1 Å². The summed E-state index contributed by atoms with van der Waals surface area (Å²) in [7, 11) is 0. The smallest absolute Gasteiger partial charge is 0.319 e. The molecule has 0 aliphatic carbocycles. The van der Waals surface area contributed by atoms with Crippen LogP contribution in [0.15, 0.2) is 18.2 Å². The number of nitrogens with one attached hydrogen (secondary N) is 2. The number of hydrogen-bond acceptors (Lipinski definition) is 3. The molecule has 1 aromatic rings. The molecule has 112 valence electrons. The van der Waals surface area contributed by atoms with Crippen molar-refractivity contribution < 1.29 is 14.6 Å². The van der Waals surface area contributed by atoms with E-state index in [1.165, 1.54) is 0 Å². The largest absolute Gasteiger partial charge is 0.492 e. The second kappa shape index (κ2) is 8.66. The molecule has 1 unspecified atom stereocenters. The van der Waals surface area contributed by atoms with E-state index in [0.717, 1.165) is 6.42 Å². The highest BCUT2D eigenvalue weighted by Gasteiger charge is 2.06. The van der Waals surface area contributed by atoms with Gasteiger partial charge in [-0.2, -0.15) is 0 Å². The lowest BCUT2D eigenvalue weighted by Crippen LogP contribution is -2.30. The van der Waals surface area contributed by atoms with Crippen LogP contribution in [-0.2, 0) is 0 Å². The van der Waals surface area contributed by atoms with E-state index in [1.807, 2.05) is 6.92 Å². The van der Waals surface area contributed by atoms with Crippen LogP contribution in [0.2, 0.25) is 5.02 Å². The summed E-state index contributed by atoms with van der Waals surface area (Å²) in [6.45, 7) is 4.71. The van der Waals surface area contributed by atoms with Crippen LogP contribution < -0.4 is 15.4 Å². The predicted octanol–water partition coefficient (Wildman–Crippen LogP) is 3.02.